The Balaban J connectivity index is 4.12. The van der Waals surface area contributed by atoms with E-state index in [-0.39, 0.29) is 17.2 Å². The molecule has 2 amide bonds. The highest BCUT2D eigenvalue weighted by molar-refractivity contribution is 5.92. The monoisotopic (exact) mass is 238 g/mol. The molecule has 0 rings (SSSR count). The van der Waals surface area contributed by atoms with Gasteiger partial charge in [0.2, 0.25) is 11.8 Å². The Morgan fingerprint density at radius 1 is 0.941 bits per heavy atom. The molecule has 0 atom stereocenters. The minimum atomic E-state index is -0.212. The first-order valence-corrected chi connectivity index (χ1v) is 5.53. The van der Waals surface area contributed by atoms with E-state index >= 15 is 0 Å². The molecular formula is C13H22N2O2. The zero-order chi connectivity index (χ0) is 13.6. The molecule has 2 N–H and O–H groups in total. The van der Waals surface area contributed by atoms with E-state index < -0.39 is 0 Å². The predicted octanol–water partition coefficient (Wildman–Crippen LogP) is 1.40. The van der Waals surface area contributed by atoms with E-state index in [9.17, 15) is 9.59 Å². The lowest BCUT2D eigenvalue weighted by Gasteiger charge is -2.25. The van der Waals surface area contributed by atoms with Crippen LogP contribution in [0.25, 0.3) is 0 Å². The van der Waals surface area contributed by atoms with Crippen molar-refractivity contribution in [2.24, 2.45) is 5.41 Å². The Labute approximate surface area is 103 Å². The van der Waals surface area contributed by atoms with Crippen molar-refractivity contribution in [3.05, 3.63) is 24.3 Å². The highest BCUT2D eigenvalue weighted by Gasteiger charge is 2.20. The second-order valence-electron chi connectivity index (χ2n) is 5.09. The molecule has 4 heteroatoms. The van der Waals surface area contributed by atoms with Gasteiger partial charge in [0.15, 0.2) is 0 Å². The summed E-state index contributed by atoms with van der Waals surface area (Å²) >= 11 is 0. The fraction of sp³-hybridized carbons (Fsp3) is 0.538. The Kier molecular flexibility index (Phi) is 5.65. The van der Waals surface area contributed by atoms with Gasteiger partial charge in [0.1, 0.15) is 0 Å². The van der Waals surface area contributed by atoms with Crippen LogP contribution in [0.5, 0.6) is 0 Å². The molecule has 0 aromatic heterocycles. The molecule has 0 unspecified atom stereocenters. The van der Waals surface area contributed by atoms with Crippen molar-refractivity contribution >= 4 is 11.8 Å². The second kappa shape index (κ2) is 6.23. The maximum Gasteiger partial charge on any atom is 0.246 e. The van der Waals surface area contributed by atoms with Gasteiger partial charge in [-0.15, -0.1) is 0 Å². The molecule has 0 bridgehead atoms. The highest BCUT2D eigenvalue weighted by Crippen LogP contribution is 2.12. The van der Waals surface area contributed by atoms with Crippen LogP contribution < -0.4 is 10.6 Å². The first kappa shape index (κ1) is 15.4. The average Bonchev–Trinajstić information content (AvgIpc) is 2.22. The summed E-state index contributed by atoms with van der Waals surface area (Å²) in [5.74, 6) is -0.325. The van der Waals surface area contributed by atoms with Crippen molar-refractivity contribution in [3.63, 3.8) is 0 Å². The van der Waals surface area contributed by atoms with Crippen LogP contribution in [0.2, 0.25) is 0 Å². The van der Waals surface area contributed by atoms with E-state index in [1.807, 2.05) is 13.8 Å². The number of hydrogen-bond acceptors (Lipinski definition) is 2. The summed E-state index contributed by atoms with van der Waals surface area (Å²) in [5.41, 5.74) is 0.745. The molecule has 4 nitrogen and oxygen atoms in total. The maximum absolute atomic E-state index is 11.3. The van der Waals surface area contributed by atoms with Gasteiger partial charge in [-0.3, -0.25) is 9.59 Å². The van der Waals surface area contributed by atoms with Gasteiger partial charge in [-0.1, -0.05) is 27.0 Å². The largest absolute Gasteiger partial charge is 0.352 e. The first-order chi connectivity index (χ1) is 7.65. The molecule has 0 aliphatic carbocycles. The zero-order valence-electron chi connectivity index (χ0n) is 11.1. The van der Waals surface area contributed by atoms with Crippen LogP contribution in [0.4, 0.5) is 0 Å². The van der Waals surface area contributed by atoms with Crippen LogP contribution in [0.15, 0.2) is 24.3 Å². The molecule has 0 saturated carbocycles. The van der Waals surface area contributed by atoms with Crippen molar-refractivity contribution in [1.29, 1.82) is 0 Å². The molecule has 0 radical (unpaired) electrons. The number of carbonyl (C=O) groups excluding carboxylic acids is 2. The van der Waals surface area contributed by atoms with Gasteiger partial charge in [-0.05, 0) is 19.3 Å². The molecule has 17 heavy (non-hydrogen) atoms. The third kappa shape index (κ3) is 6.56. The summed E-state index contributed by atoms with van der Waals surface area (Å²) in [6.07, 6.45) is 0. The lowest BCUT2D eigenvalue weighted by molar-refractivity contribution is -0.117. The Morgan fingerprint density at radius 2 is 1.24 bits per heavy atom. The molecule has 0 spiro atoms. The zero-order valence-corrected chi connectivity index (χ0v) is 11.1. The third-order valence-corrected chi connectivity index (χ3v) is 2.23. The number of carbonyl (C=O) groups is 2. The number of rotatable bonds is 6. The SMILES string of the molecule is C=C(C)C(=O)NCC(C)(C)CNC(=O)C(=C)C. The van der Waals surface area contributed by atoms with Gasteiger partial charge in [-0.2, -0.15) is 0 Å². The minimum absolute atomic E-state index is 0.163. The predicted molar refractivity (Wildman–Crippen MR) is 69.4 cm³/mol. The molecule has 0 fully saturated rings. The summed E-state index contributed by atoms with van der Waals surface area (Å²) in [6.45, 7) is 15.3. The smallest absolute Gasteiger partial charge is 0.246 e. The molecule has 96 valence electrons. The quantitative estimate of drug-likeness (QED) is 0.687. The second-order valence-corrected chi connectivity index (χ2v) is 5.09. The van der Waals surface area contributed by atoms with Crippen LogP contribution in [0.1, 0.15) is 27.7 Å². The van der Waals surface area contributed by atoms with E-state index in [1.54, 1.807) is 13.8 Å². The Hall–Kier alpha value is -1.58. The molecule has 0 aliphatic rings. The van der Waals surface area contributed by atoms with Gasteiger partial charge < -0.3 is 10.6 Å². The van der Waals surface area contributed by atoms with E-state index in [1.165, 1.54) is 0 Å². The van der Waals surface area contributed by atoms with Gasteiger partial charge in [0, 0.05) is 24.2 Å². The fourth-order valence-electron chi connectivity index (χ4n) is 1.00. The van der Waals surface area contributed by atoms with Crippen molar-refractivity contribution in [2.75, 3.05) is 13.1 Å². The molecule has 0 aliphatic heterocycles. The third-order valence-electron chi connectivity index (χ3n) is 2.23. The molecular weight excluding hydrogens is 216 g/mol. The minimum Gasteiger partial charge on any atom is -0.352 e. The first-order valence-electron chi connectivity index (χ1n) is 5.53. The maximum atomic E-state index is 11.3. The normalized spacial score (nSPS) is 10.6. The van der Waals surface area contributed by atoms with Gasteiger partial charge >= 0.3 is 0 Å². The average molecular weight is 238 g/mol. The van der Waals surface area contributed by atoms with Crippen molar-refractivity contribution < 1.29 is 9.59 Å². The van der Waals surface area contributed by atoms with Crippen molar-refractivity contribution in [3.8, 4) is 0 Å². The van der Waals surface area contributed by atoms with E-state index in [4.69, 9.17) is 0 Å². The van der Waals surface area contributed by atoms with Gasteiger partial charge in [-0.25, -0.2) is 0 Å². The molecule has 0 aromatic rings. The lowest BCUT2D eigenvalue weighted by Crippen LogP contribution is -2.42. The van der Waals surface area contributed by atoms with E-state index in [2.05, 4.69) is 23.8 Å². The lowest BCUT2D eigenvalue weighted by atomic mass is 9.93. The standard InChI is InChI=1S/C13H22N2O2/c1-9(2)11(16)14-7-13(5,6)8-15-12(17)10(3)4/h1,3,7-8H2,2,4-6H3,(H,14,16)(H,15,17). The summed E-state index contributed by atoms with van der Waals surface area (Å²) in [7, 11) is 0. The number of amides is 2. The summed E-state index contributed by atoms with van der Waals surface area (Å²) in [4.78, 5) is 22.6. The fourth-order valence-corrected chi connectivity index (χ4v) is 1.00. The van der Waals surface area contributed by atoms with Crippen LogP contribution in [-0.2, 0) is 9.59 Å². The van der Waals surface area contributed by atoms with Gasteiger partial charge in [0.05, 0.1) is 0 Å². The molecule has 0 saturated heterocycles. The van der Waals surface area contributed by atoms with Crippen LogP contribution in [0.3, 0.4) is 0 Å². The van der Waals surface area contributed by atoms with Gasteiger partial charge in [0.25, 0.3) is 0 Å². The Morgan fingerprint density at radius 3 is 1.47 bits per heavy atom. The summed E-state index contributed by atoms with van der Waals surface area (Å²) in [5, 5.41) is 5.53. The topological polar surface area (TPSA) is 58.2 Å². The highest BCUT2D eigenvalue weighted by atomic mass is 16.2. The van der Waals surface area contributed by atoms with Crippen LogP contribution >= 0.6 is 0 Å². The number of nitrogens with one attached hydrogen (secondary N) is 2. The summed E-state index contributed by atoms with van der Waals surface area (Å²) < 4.78 is 0. The molecule has 0 aromatic carbocycles. The molecule has 0 heterocycles. The number of hydrogen-bond donors (Lipinski definition) is 2. The Bertz CT molecular complexity index is 311. The van der Waals surface area contributed by atoms with Crippen LogP contribution in [0, 0.1) is 5.41 Å². The van der Waals surface area contributed by atoms with Crippen molar-refractivity contribution in [2.45, 2.75) is 27.7 Å². The van der Waals surface area contributed by atoms with E-state index in [0.717, 1.165) is 0 Å². The summed E-state index contributed by atoms with van der Waals surface area (Å²) in [6, 6.07) is 0. The van der Waals surface area contributed by atoms with Crippen molar-refractivity contribution in [1.82, 2.24) is 10.6 Å². The van der Waals surface area contributed by atoms with Crippen LogP contribution in [-0.4, -0.2) is 24.9 Å². The van der Waals surface area contributed by atoms with E-state index in [0.29, 0.717) is 24.2 Å².